The van der Waals surface area contributed by atoms with Gasteiger partial charge in [-0.05, 0) is 0 Å². The van der Waals surface area contributed by atoms with Gasteiger partial charge in [-0.3, -0.25) is 0 Å². The van der Waals surface area contributed by atoms with Crippen LogP contribution >= 0.6 is 0 Å². The van der Waals surface area contributed by atoms with Crippen LogP contribution in [0, 0.1) is 0 Å². The summed E-state index contributed by atoms with van der Waals surface area (Å²) in [5.74, 6) is 0. The SMILES string of the molecule is CC[C](=[W])NC1CCN(C)CC1. The fourth-order valence-corrected chi connectivity index (χ4v) is 2.08. The van der Waals surface area contributed by atoms with E-state index in [1.807, 2.05) is 0 Å². The van der Waals surface area contributed by atoms with Gasteiger partial charge in [-0.2, -0.15) is 0 Å². The molecule has 1 saturated heterocycles. The maximum atomic E-state index is 3.62. The van der Waals surface area contributed by atoms with Crippen molar-refractivity contribution in [3.63, 3.8) is 0 Å². The monoisotopic (exact) mass is 338 g/mol. The standard InChI is InChI=1S/C9H18N2.W/c1-3-6-10-9-4-7-11(2)8-5-9;/h9-10H,3-5,7-8H2,1-2H3;. The summed E-state index contributed by atoms with van der Waals surface area (Å²) >= 11 is 1.60. The van der Waals surface area contributed by atoms with Crippen LogP contribution in [0.1, 0.15) is 26.2 Å². The van der Waals surface area contributed by atoms with Gasteiger partial charge >= 0.3 is 86.0 Å². The van der Waals surface area contributed by atoms with Crippen LogP contribution in [0.25, 0.3) is 0 Å². The van der Waals surface area contributed by atoms with E-state index in [0.717, 1.165) is 6.04 Å². The molecule has 1 aliphatic rings. The predicted molar refractivity (Wildman–Crippen MR) is 49.0 cm³/mol. The first kappa shape index (κ1) is 10.6. The average Bonchev–Trinajstić information content (AvgIpc) is 2.09. The van der Waals surface area contributed by atoms with Gasteiger partial charge in [0, 0.05) is 0 Å². The van der Waals surface area contributed by atoms with E-state index in [2.05, 4.69) is 24.2 Å². The van der Waals surface area contributed by atoms with Crippen LogP contribution in [0.15, 0.2) is 0 Å². The van der Waals surface area contributed by atoms with Gasteiger partial charge in [-0.15, -0.1) is 0 Å². The van der Waals surface area contributed by atoms with E-state index in [1.165, 1.54) is 36.4 Å². The summed E-state index contributed by atoms with van der Waals surface area (Å²) in [5, 5.41) is 3.62. The maximum absolute atomic E-state index is 3.62. The molecule has 1 rings (SSSR count). The summed E-state index contributed by atoms with van der Waals surface area (Å²) in [6, 6.07) is 0.758. The molecule has 0 radical (unpaired) electrons. The molecule has 0 atom stereocenters. The molecule has 0 aromatic carbocycles. The molecule has 0 aromatic rings. The van der Waals surface area contributed by atoms with Crippen molar-refractivity contribution >= 4 is 4.02 Å². The van der Waals surface area contributed by atoms with Crippen LogP contribution in [0.2, 0.25) is 0 Å². The third-order valence-corrected chi connectivity index (χ3v) is 3.87. The van der Waals surface area contributed by atoms with Gasteiger partial charge in [0.1, 0.15) is 0 Å². The third kappa shape index (κ3) is 3.47. The topological polar surface area (TPSA) is 15.3 Å². The molecule has 1 fully saturated rings. The van der Waals surface area contributed by atoms with Crippen molar-refractivity contribution in [3.8, 4) is 0 Å². The number of likely N-dealkylation sites (tertiary alicyclic amines) is 1. The zero-order valence-electron chi connectivity index (χ0n) is 7.97. The summed E-state index contributed by atoms with van der Waals surface area (Å²) in [4.78, 5) is 2.41. The molecule has 70 valence electrons. The predicted octanol–water partition coefficient (Wildman–Crippen LogP) is 0.757. The zero-order chi connectivity index (χ0) is 8.97. The van der Waals surface area contributed by atoms with Crippen LogP contribution in [-0.2, 0) is 19.4 Å². The number of nitrogens with zero attached hydrogens (tertiary/aromatic N) is 1. The molecule has 0 unspecified atom stereocenters. The number of nitrogens with one attached hydrogen (secondary N) is 1. The van der Waals surface area contributed by atoms with Crippen molar-refractivity contribution in [2.75, 3.05) is 20.1 Å². The van der Waals surface area contributed by atoms with Crippen molar-refractivity contribution < 1.29 is 19.4 Å². The Kier molecular flexibility index (Phi) is 4.63. The molecule has 0 spiro atoms. The molecule has 3 heteroatoms. The molecule has 1 heterocycles. The quantitative estimate of drug-likeness (QED) is 0.818. The summed E-state index contributed by atoms with van der Waals surface area (Å²) in [7, 11) is 2.21. The fourth-order valence-electron chi connectivity index (χ4n) is 1.48. The first-order chi connectivity index (χ1) is 5.72. The van der Waals surface area contributed by atoms with Crippen LogP contribution in [0.3, 0.4) is 0 Å². The third-order valence-electron chi connectivity index (χ3n) is 2.40. The second-order valence-corrected chi connectivity index (χ2v) is 5.27. The Morgan fingerprint density at radius 3 is 2.58 bits per heavy atom. The van der Waals surface area contributed by atoms with E-state index in [-0.39, 0.29) is 0 Å². The normalized spacial score (nSPS) is 21.2. The van der Waals surface area contributed by atoms with Crippen molar-refractivity contribution in [3.05, 3.63) is 0 Å². The Bertz CT molecular complexity index is 151. The van der Waals surface area contributed by atoms with Crippen LogP contribution in [0.4, 0.5) is 0 Å². The Morgan fingerprint density at radius 2 is 2.08 bits per heavy atom. The van der Waals surface area contributed by atoms with Crippen LogP contribution < -0.4 is 5.32 Å². The van der Waals surface area contributed by atoms with Crippen molar-refractivity contribution in [1.82, 2.24) is 10.2 Å². The summed E-state index contributed by atoms with van der Waals surface area (Å²) < 4.78 is 1.52. The van der Waals surface area contributed by atoms with Gasteiger partial charge < -0.3 is 0 Å². The number of piperidine rings is 1. The Labute approximate surface area is 86.1 Å². The molecular formula is C9H18N2W. The van der Waals surface area contributed by atoms with E-state index in [4.69, 9.17) is 0 Å². The number of rotatable bonds is 3. The van der Waals surface area contributed by atoms with Gasteiger partial charge in [0.2, 0.25) is 0 Å². The van der Waals surface area contributed by atoms with Gasteiger partial charge in [0.05, 0.1) is 0 Å². The summed E-state index contributed by atoms with van der Waals surface area (Å²) in [6.45, 7) is 4.73. The van der Waals surface area contributed by atoms with Crippen molar-refractivity contribution in [2.45, 2.75) is 32.2 Å². The first-order valence-corrected chi connectivity index (χ1v) is 6.17. The molecule has 0 bridgehead atoms. The molecule has 1 N–H and O–H groups in total. The van der Waals surface area contributed by atoms with Crippen molar-refractivity contribution in [2.24, 2.45) is 0 Å². The first-order valence-electron chi connectivity index (χ1n) is 4.70. The van der Waals surface area contributed by atoms with E-state index in [1.54, 1.807) is 19.4 Å². The molecule has 0 saturated carbocycles. The number of hydrogen-bond donors (Lipinski definition) is 1. The molecule has 0 aromatic heterocycles. The van der Waals surface area contributed by atoms with E-state index >= 15 is 0 Å². The Balaban J connectivity index is 2.21. The van der Waals surface area contributed by atoms with Gasteiger partial charge in [0.15, 0.2) is 0 Å². The fraction of sp³-hybridized carbons (Fsp3) is 0.889. The number of hydrogen-bond acceptors (Lipinski definition) is 2. The van der Waals surface area contributed by atoms with Crippen LogP contribution in [-0.4, -0.2) is 35.1 Å². The van der Waals surface area contributed by atoms with Gasteiger partial charge in [-0.1, -0.05) is 0 Å². The minimum absolute atomic E-state index is 0.758. The second-order valence-electron chi connectivity index (χ2n) is 3.50. The summed E-state index contributed by atoms with van der Waals surface area (Å²) in [5.41, 5.74) is 0. The van der Waals surface area contributed by atoms with E-state index < -0.39 is 0 Å². The molecule has 2 nitrogen and oxygen atoms in total. The van der Waals surface area contributed by atoms with E-state index in [9.17, 15) is 0 Å². The molecular weight excluding hydrogens is 320 g/mol. The Hall–Kier alpha value is 0.478. The molecule has 12 heavy (non-hydrogen) atoms. The molecule has 0 aliphatic carbocycles. The summed E-state index contributed by atoms with van der Waals surface area (Å²) in [6.07, 6.45) is 3.82. The van der Waals surface area contributed by atoms with Gasteiger partial charge in [-0.25, -0.2) is 0 Å². The Morgan fingerprint density at radius 1 is 1.50 bits per heavy atom. The second kappa shape index (κ2) is 5.26. The minimum atomic E-state index is 0.758. The van der Waals surface area contributed by atoms with Crippen molar-refractivity contribution in [1.29, 1.82) is 0 Å². The average molecular weight is 338 g/mol. The van der Waals surface area contributed by atoms with E-state index in [0.29, 0.717) is 0 Å². The van der Waals surface area contributed by atoms with Gasteiger partial charge in [0.25, 0.3) is 0 Å². The zero-order valence-corrected chi connectivity index (χ0v) is 10.9. The van der Waals surface area contributed by atoms with Crippen LogP contribution in [0.5, 0.6) is 0 Å². The molecule has 1 aliphatic heterocycles. The molecule has 0 amide bonds.